The Morgan fingerprint density at radius 2 is 2.00 bits per heavy atom. The van der Waals surface area contributed by atoms with Gasteiger partial charge in [0, 0.05) is 19.1 Å². The molecule has 1 saturated heterocycles. The normalized spacial score (nSPS) is 16.1. The second-order valence-corrected chi connectivity index (χ2v) is 4.78. The number of aromatic carboxylic acids is 1. The lowest BCUT2D eigenvalue weighted by atomic mass is 9.99. The Kier molecular flexibility index (Phi) is 4.39. The quantitative estimate of drug-likeness (QED) is 0.893. The van der Waals surface area contributed by atoms with Gasteiger partial charge in [-0.2, -0.15) is 0 Å². The number of carboxylic acid groups (broad SMARTS) is 1. The zero-order valence-corrected chi connectivity index (χ0v) is 10.9. The molecule has 102 valence electrons. The molecule has 1 heterocycles. The van der Waals surface area contributed by atoms with Crippen LogP contribution in [0.5, 0.6) is 0 Å². The van der Waals surface area contributed by atoms with Gasteiger partial charge < -0.3 is 15.2 Å². The Balaban J connectivity index is 2.11. The maximum atomic E-state index is 12.0. The van der Waals surface area contributed by atoms with Crippen molar-refractivity contribution in [1.82, 2.24) is 0 Å². The summed E-state index contributed by atoms with van der Waals surface area (Å²) >= 11 is 5.95. The molecular formula is C13H14ClNO4. The molecule has 1 aliphatic heterocycles. The molecule has 0 radical (unpaired) electrons. The third-order valence-corrected chi connectivity index (χ3v) is 3.39. The summed E-state index contributed by atoms with van der Waals surface area (Å²) in [6, 6.07) is 4.22. The highest BCUT2D eigenvalue weighted by molar-refractivity contribution is 6.33. The average Bonchev–Trinajstić information content (AvgIpc) is 2.42. The van der Waals surface area contributed by atoms with Crippen molar-refractivity contribution in [2.75, 3.05) is 18.5 Å². The van der Waals surface area contributed by atoms with Gasteiger partial charge in [-0.05, 0) is 31.0 Å². The van der Waals surface area contributed by atoms with Crippen LogP contribution in [0.25, 0.3) is 0 Å². The van der Waals surface area contributed by atoms with Crippen molar-refractivity contribution in [2.45, 2.75) is 12.8 Å². The van der Waals surface area contributed by atoms with E-state index in [0.717, 1.165) is 0 Å². The third kappa shape index (κ3) is 3.45. The highest BCUT2D eigenvalue weighted by Crippen LogP contribution is 2.25. The highest BCUT2D eigenvalue weighted by atomic mass is 35.5. The summed E-state index contributed by atoms with van der Waals surface area (Å²) in [6.07, 6.45) is 1.34. The molecule has 2 N–H and O–H groups in total. The number of amides is 1. The summed E-state index contributed by atoms with van der Waals surface area (Å²) < 4.78 is 5.19. The van der Waals surface area contributed by atoms with Crippen molar-refractivity contribution in [2.24, 2.45) is 5.92 Å². The van der Waals surface area contributed by atoms with Crippen molar-refractivity contribution >= 4 is 29.2 Å². The minimum atomic E-state index is -1.06. The summed E-state index contributed by atoms with van der Waals surface area (Å²) in [4.78, 5) is 22.9. The molecule has 1 aromatic rings. The number of halogens is 1. The number of carbonyl (C=O) groups excluding carboxylic acids is 1. The van der Waals surface area contributed by atoms with E-state index >= 15 is 0 Å². The molecule has 1 fully saturated rings. The zero-order chi connectivity index (χ0) is 13.8. The van der Waals surface area contributed by atoms with Crippen molar-refractivity contribution in [1.29, 1.82) is 0 Å². The summed E-state index contributed by atoms with van der Waals surface area (Å²) in [5, 5.41) is 11.9. The van der Waals surface area contributed by atoms with E-state index in [0.29, 0.717) is 36.8 Å². The van der Waals surface area contributed by atoms with Crippen LogP contribution >= 0.6 is 11.6 Å². The van der Waals surface area contributed by atoms with E-state index in [1.54, 1.807) is 0 Å². The fraction of sp³-hybridized carbons (Fsp3) is 0.385. The second kappa shape index (κ2) is 6.04. The minimum Gasteiger partial charge on any atom is -0.478 e. The molecule has 6 heteroatoms. The molecule has 0 saturated carbocycles. The lowest BCUT2D eigenvalue weighted by Gasteiger charge is -2.21. The van der Waals surface area contributed by atoms with Crippen LogP contribution in [0.15, 0.2) is 18.2 Å². The number of nitrogens with one attached hydrogen (secondary N) is 1. The number of carbonyl (C=O) groups is 2. The molecule has 1 amide bonds. The largest absolute Gasteiger partial charge is 0.478 e. The highest BCUT2D eigenvalue weighted by Gasteiger charge is 2.22. The average molecular weight is 284 g/mol. The van der Waals surface area contributed by atoms with E-state index in [2.05, 4.69) is 5.32 Å². The van der Waals surface area contributed by atoms with Gasteiger partial charge in [0.15, 0.2) is 0 Å². The van der Waals surface area contributed by atoms with Gasteiger partial charge in [0.1, 0.15) is 0 Å². The SMILES string of the molecule is O=C(O)c1ccc(Cl)c(NC(=O)C2CCOCC2)c1. The smallest absolute Gasteiger partial charge is 0.335 e. The van der Waals surface area contributed by atoms with Gasteiger partial charge in [-0.25, -0.2) is 4.79 Å². The fourth-order valence-corrected chi connectivity index (χ4v) is 2.11. The second-order valence-electron chi connectivity index (χ2n) is 4.38. The van der Waals surface area contributed by atoms with Crippen LogP contribution in [-0.4, -0.2) is 30.2 Å². The number of rotatable bonds is 3. The lowest BCUT2D eigenvalue weighted by Crippen LogP contribution is -2.28. The monoisotopic (exact) mass is 283 g/mol. The third-order valence-electron chi connectivity index (χ3n) is 3.06. The Morgan fingerprint density at radius 3 is 2.63 bits per heavy atom. The van der Waals surface area contributed by atoms with Crippen LogP contribution in [-0.2, 0) is 9.53 Å². The van der Waals surface area contributed by atoms with Crippen molar-refractivity contribution in [3.8, 4) is 0 Å². The maximum Gasteiger partial charge on any atom is 0.335 e. The molecule has 0 bridgehead atoms. The molecule has 1 aromatic carbocycles. The Morgan fingerprint density at radius 1 is 1.32 bits per heavy atom. The van der Waals surface area contributed by atoms with Gasteiger partial charge >= 0.3 is 5.97 Å². The van der Waals surface area contributed by atoms with Crippen molar-refractivity contribution < 1.29 is 19.4 Å². The van der Waals surface area contributed by atoms with E-state index in [1.807, 2.05) is 0 Å². The van der Waals surface area contributed by atoms with Crippen LogP contribution < -0.4 is 5.32 Å². The predicted octanol–water partition coefficient (Wildman–Crippen LogP) is 2.40. The standard InChI is InChI=1S/C13H14ClNO4/c14-10-2-1-9(13(17)18)7-11(10)15-12(16)8-3-5-19-6-4-8/h1-2,7-8H,3-6H2,(H,15,16)(H,17,18). The van der Waals surface area contributed by atoms with Gasteiger partial charge in [-0.3, -0.25) is 4.79 Å². The van der Waals surface area contributed by atoms with Gasteiger partial charge in [-0.15, -0.1) is 0 Å². The maximum absolute atomic E-state index is 12.0. The first-order valence-electron chi connectivity index (χ1n) is 5.99. The van der Waals surface area contributed by atoms with E-state index < -0.39 is 5.97 Å². The van der Waals surface area contributed by atoms with Crippen molar-refractivity contribution in [3.05, 3.63) is 28.8 Å². The summed E-state index contributed by atoms with van der Waals surface area (Å²) in [5.74, 6) is -1.32. The molecule has 0 atom stereocenters. The molecule has 2 rings (SSSR count). The lowest BCUT2D eigenvalue weighted by molar-refractivity contribution is -0.122. The number of ether oxygens (including phenoxy) is 1. The number of anilines is 1. The molecule has 19 heavy (non-hydrogen) atoms. The van der Waals surface area contributed by atoms with Gasteiger partial charge in [0.05, 0.1) is 16.3 Å². The summed E-state index contributed by atoms with van der Waals surface area (Å²) in [6.45, 7) is 1.14. The van der Waals surface area contributed by atoms with Crippen LogP contribution in [0.4, 0.5) is 5.69 Å². The van der Waals surface area contributed by atoms with Crippen LogP contribution in [0, 0.1) is 5.92 Å². The first kappa shape index (κ1) is 13.8. The topological polar surface area (TPSA) is 75.6 Å². The predicted molar refractivity (Wildman–Crippen MR) is 70.6 cm³/mol. The van der Waals surface area contributed by atoms with Gasteiger partial charge in [0.2, 0.25) is 5.91 Å². The summed E-state index contributed by atoms with van der Waals surface area (Å²) in [5.41, 5.74) is 0.421. The van der Waals surface area contributed by atoms with Crippen LogP contribution in [0.3, 0.4) is 0 Å². The summed E-state index contributed by atoms with van der Waals surface area (Å²) in [7, 11) is 0. The Hall–Kier alpha value is -1.59. The van der Waals surface area contributed by atoms with Crippen molar-refractivity contribution in [3.63, 3.8) is 0 Å². The van der Waals surface area contributed by atoms with Crippen LogP contribution in [0.2, 0.25) is 5.02 Å². The van der Waals surface area contributed by atoms with E-state index in [9.17, 15) is 9.59 Å². The van der Waals surface area contributed by atoms with Crippen LogP contribution in [0.1, 0.15) is 23.2 Å². The number of hydrogen-bond acceptors (Lipinski definition) is 3. The van der Waals surface area contributed by atoms with E-state index in [-0.39, 0.29) is 17.4 Å². The Labute approximate surface area is 115 Å². The molecular weight excluding hydrogens is 270 g/mol. The number of benzene rings is 1. The van der Waals surface area contributed by atoms with E-state index in [4.69, 9.17) is 21.4 Å². The minimum absolute atomic E-state index is 0.0895. The molecule has 1 aliphatic rings. The van der Waals surface area contributed by atoms with E-state index in [1.165, 1.54) is 18.2 Å². The zero-order valence-electron chi connectivity index (χ0n) is 10.2. The molecule has 0 spiro atoms. The first-order chi connectivity index (χ1) is 9.08. The van der Waals surface area contributed by atoms with Gasteiger partial charge in [0.25, 0.3) is 0 Å². The Bertz CT molecular complexity index is 497. The number of hydrogen-bond donors (Lipinski definition) is 2. The molecule has 0 aliphatic carbocycles. The molecule has 5 nitrogen and oxygen atoms in total. The van der Waals surface area contributed by atoms with Gasteiger partial charge in [-0.1, -0.05) is 11.6 Å². The first-order valence-corrected chi connectivity index (χ1v) is 6.37. The molecule has 0 aromatic heterocycles. The number of carboxylic acids is 1. The fourth-order valence-electron chi connectivity index (χ4n) is 1.95. The molecule has 0 unspecified atom stereocenters.